The van der Waals surface area contributed by atoms with Crippen LogP contribution >= 0.6 is 0 Å². The van der Waals surface area contributed by atoms with E-state index in [1.807, 2.05) is 0 Å². The molecule has 0 aliphatic carbocycles. The topological polar surface area (TPSA) is 77.8 Å². The molecule has 1 aromatic carbocycles. The predicted octanol–water partition coefficient (Wildman–Crippen LogP) is 1.63. The Hall–Kier alpha value is -2.76. The molecule has 0 aliphatic heterocycles. The van der Waals surface area contributed by atoms with Crippen LogP contribution in [0.4, 0.5) is 0 Å². The molecule has 0 bridgehead atoms. The Morgan fingerprint density at radius 2 is 1.86 bits per heavy atom. The number of carboxylic acid groups (broad SMARTS) is 1. The number of pyridine rings is 1. The van der Waals surface area contributed by atoms with Crippen LogP contribution in [0.5, 0.6) is 11.5 Å². The first-order chi connectivity index (χ1) is 10.1. The number of carbonyl (C=O) groups is 1. The van der Waals surface area contributed by atoms with Crippen LogP contribution in [0.1, 0.15) is 10.4 Å². The van der Waals surface area contributed by atoms with Crippen LogP contribution in [0.15, 0.2) is 47.5 Å². The largest absolute Gasteiger partial charge is 0.497 e. The van der Waals surface area contributed by atoms with Crippen LogP contribution in [0.2, 0.25) is 0 Å². The van der Waals surface area contributed by atoms with Gasteiger partial charge < -0.3 is 19.1 Å². The van der Waals surface area contributed by atoms with Crippen LogP contribution in [0.25, 0.3) is 0 Å². The number of aromatic nitrogens is 1. The fourth-order valence-corrected chi connectivity index (χ4v) is 1.77. The van der Waals surface area contributed by atoms with Gasteiger partial charge in [0.2, 0.25) is 0 Å². The first kappa shape index (κ1) is 14.6. The number of aromatic carboxylic acids is 1. The second-order valence-corrected chi connectivity index (χ2v) is 4.29. The molecule has 110 valence electrons. The van der Waals surface area contributed by atoms with E-state index in [1.54, 1.807) is 35.9 Å². The maximum Gasteiger partial charge on any atom is 0.341 e. The highest BCUT2D eigenvalue weighted by atomic mass is 16.5. The molecule has 0 saturated carbocycles. The summed E-state index contributed by atoms with van der Waals surface area (Å²) in [4.78, 5) is 22.2. The number of methoxy groups -OCH3 is 1. The van der Waals surface area contributed by atoms with Crippen LogP contribution < -0.4 is 14.9 Å². The third-order valence-corrected chi connectivity index (χ3v) is 2.89. The first-order valence-electron chi connectivity index (χ1n) is 6.30. The van der Waals surface area contributed by atoms with Gasteiger partial charge in [-0.05, 0) is 24.3 Å². The lowest BCUT2D eigenvalue weighted by Gasteiger charge is -2.09. The minimum Gasteiger partial charge on any atom is -0.497 e. The van der Waals surface area contributed by atoms with Crippen molar-refractivity contribution in [3.63, 3.8) is 0 Å². The predicted molar refractivity (Wildman–Crippen MR) is 76.2 cm³/mol. The van der Waals surface area contributed by atoms with E-state index in [2.05, 4.69) is 0 Å². The molecule has 6 nitrogen and oxygen atoms in total. The van der Waals surface area contributed by atoms with Crippen molar-refractivity contribution in [3.05, 3.63) is 58.5 Å². The van der Waals surface area contributed by atoms with Gasteiger partial charge in [0, 0.05) is 18.5 Å². The van der Waals surface area contributed by atoms with E-state index in [1.165, 1.54) is 18.5 Å². The molecule has 0 radical (unpaired) electrons. The molecule has 1 aromatic heterocycles. The van der Waals surface area contributed by atoms with Gasteiger partial charge in [0.1, 0.15) is 23.7 Å². The second kappa shape index (κ2) is 6.60. The van der Waals surface area contributed by atoms with E-state index in [-0.39, 0.29) is 5.56 Å². The monoisotopic (exact) mass is 289 g/mol. The fraction of sp³-hybridized carbons (Fsp3) is 0.200. The second-order valence-electron chi connectivity index (χ2n) is 4.29. The lowest BCUT2D eigenvalue weighted by molar-refractivity contribution is 0.0694. The summed E-state index contributed by atoms with van der Waals surface area (Å²) in [6.07, 6.45) is 2.84. The minimum atomic E-state index is -1.23. The molecule has 2 aromatic rings. The van der Waals surface area contributed by atoms with Gasteiger partial charge in [0.15, 0.2) is 5.43 Å². The quantitative estimate of drug-likeness (QED) is 0.874. The van der Waals surface area contributed by atoms with Crippen LogP contribution in [-0.2, 0) is 6.54 Å². The maximum absolute atomic E-state index is 11.3. The van der Waals surface area contributed by atoms with Gasteiger partial charge >= 0.3 is 5.97 Å². The van der Waals surface area contributed by atoms with Crippen molar-refractivity contribution in [2.45, 2.75) is 6.54 Å². The normalized spacial score (nSPS) is 10.1. The van der Waals surface area contributed by atoms with Crippen molar-refractivity contribution in [3.8, 4) is 11.5 Å². The Morgan fingerprint density at radius 3 is 2.48 bits per heavy atom. The highest BCUT2D eigenvalue weighted by Gasteiger charge is 2.08. The summed E-state index contributed by atoms with van der Waals surface area (Å²) in [5.41, 5.74) is -0.753. The third kappa shape index (κ3) is 3.85. The van der Waals surface area contributed by atoms with Gasteiger partial charge in [-0.15, -0.1) is 0 Å². The molecule has 1 N–H and O–H groups in total. The van der Waals surface area contributed by atoms with Gasteiger partial charge in [-0.1, -0.05) is 0 Å². The standard InChI is InChI=1S/C15H15NO5/c1-20-11-2-4-12(5-3-11)21-9-8-16-7-6-14(17)13(10-16)15(18)19/h2-7,10H,8-9H2,1H3,(H,18,19). The molecule has 6 heteroatoms. The lowest BCUT2D eigenvalue weighted by Crippen LogP contribution is -2.18. The fourth-order valence-electron chi connectivity index (χ4n) is 1.77. The van der Waals surface area contributed by atoms with Gasteiger partial charge in [-0.3, -0.25) is 4.79 Å². The van der Waals surface area contributed by atoms with E-state index in [0.29, 0.717) is 18.9 Å². The Morgan fingerprint density at radius 1 is 1.19 bits per heavy atom. The van der Waals surface area contributed by atoms with Crippen molar-refractivity contribution >= 4 is 5.97 Å². The number of hydrogen-bond acceptors (Lipinski definition) is 4. The maximum atomic E-state index is 11.3. The highest BCUT2D eigenvalue weighted by Crippen LogP contribution is 2.16. The first-order valence-corrected chi connectivity index (χ1v) is 6.30. The summed E-state index contributed by atoms with van der Waals surface area (Å²) in [6.45, 7) is 0.793. The third-order valence-electron chi connectivity index (χ3n) is 2.89. The van der Waals surface area contributed by atoms with Crippen LogP contribution in [-0.4, -0.2) is 29.4 Å². The summed E-state index contributed by atoms with van der Waals surface area (Å²) < 4.78 is 12.2. The van der Waals surface area contributed by atoms with Crippen molar-refractivity contribution in [2.75, 3.05) is 13.7 Å². The van der Waals surface area contributed by atoms with Gasteiger partial charge in [-0.2, -0.15) is 0 Å². The summed E-state index contributed by atoms with van der Waals surface area (Å²) in [7, 11) is 1.59. The molecular formula is C15H15NO5. The van der Waals surface area contributed by atoms with Gasteiger partial charge in [0.25, 0.3) is 0 Å². The molecule has 21 heavy (non-hydrogen) atoms. The zero-order valence-electron chi connectivity index (χ0n) is 11.5. The number of hydrogen-bond donors (Lipinski definition) is 1. The van der Waals surface area contributed by atoms with E-state index >= 15 is 0 Å². The Bertz CT molecular complexity index is 675. The molecule has 0 atom stereocenters. The molecule has 0 amide bonds. The highest BCUT2D eigenvalue weighted by molar-refractivity contribution is 5.86. The number of nitrogens with zero attached hydrogens (tertiary/aromatic N) is 1. The number of rotatable bonds is 6. The lowest BCUT2D eigenvalue weighted by atomic mass is 10.3. The number of ether oxygens (including phenoxy) is 2. The molecule has 0 fully saturated rings. The van der Waals surface area contributed by atoms with E-state index in [0.717, 1.165) is 5.75 Å². The summed E-state index contributed by atoms with van der Waals surface area (Å²) >= 11 is 0. The van der Waals surface area contributed by atoms with Gasteiger partial charge in [0.05, 0.1) is 13.7 Å². The zero-order valence-corrected chi connectivity index (χ0v) is 11.5. The van der Waals surface area contributed by atoms with Crippen LogP contribution in [0.3, 0.4) is 0 Å². The zero-order chi connectivity index (χ0) is 15.2. The van der Waals surface area contributed by atoms with E-state index < -0.39 is 11.4 Å². The summed E-state index contributed by atoms with van der Waals surface area (Å²) in [6, 6.07) is 8.38. The molecule has 2 rings (SSSR count). The molecule has 0 saturated heterocycles. The molecular weight excluding hydrogens is 274 g/mol. The minimum absolute atomic E-state index is 0.248. The molecule has 0 spiro atoms. The number of carboxylic acids is 1. The van der Waals surface area contributed by atoms with E-state index in [9.17, 15) is 9.59 Å². The SMILES string of the molecule is COc1ccc(OCCn2ccc(=O)c(C(=O)O)c2)cc1. The molecule has 0 aliphatic rings. The molecule has 0 unspecified atom stereocenters. The van der Waals surface area contributed by atoms with Crippen LogP contribution in [0, 0.1) is 0 Å². The number of benzene rings is 1. The Kier molecular flexibility index (Phi) is 4.61. The molecule has 1 heterocycles. The van der Waals surface area contributed by atoms with Crippen molar-refractivity contribution in [1.29, 1.82) is 0 Å². The van der Waals surface area contributed by atoms with Crippen molar-refractivity contribution in [2.24, 2.45) is 0 Å². The van der Waals surface area contributed by atoms with Crippen molar-refractivity contribution in [1.82, 2.24) is 4.57 Å². The summed E-state index contributed by atoms with van der Waals surface area (Å²) in [5, 5.41) is 8.89. The smallest absolute Gasteiger partial charge is 0.341 e. The summed E-state index contributed by atoms with van der Waals surface area (Å²) in [5.74, 6) is 0.203. The van der Waals surface area contributed by atoms with E-state index in [4.69, 9.17) is 14.6 Å². The Balaban J connectivity index is 1.95. The average Bonchev–Trinajstić information content (AvgIpc) is 2.49. The Labute approximate surface area is 121 Å². The van der Waals surface area contributed by atoms with Crippen molar-refractivity contribution < 1.29 is 19.4 Å². The van der Waals surface area contributed by atoms with Gasteiger partial charge in [-0.25, -0.2) is 4.79 Å². The average molecular weight is 289 g/mol.